The van der Waals surface area contributed by atoms with E-state index in [1.807, 2.05) is 12.1 Å². The van der Waals surface area contributed by atoms with Crippen molar-refractivity contribution in [1.82, 2.24) is 4.90 Å². The predicted molar refractivity (Wildman–Crippen MR) is 83.4 cm³/mol. The predicted octanol–water partition coefficient (Wildman–Crippen LogP) is 2.77. The van der Waals surface area contributed by atoms with Gasteiger partial charge < -0.3 is 15.2 Å². The van der Waals surface area contributed by atoms with Gasteiger partial charge in [-0.15, -0.1) is 0 Å². The quantitative estimate of drug-likeness (QED) is 0.932. The molecule has 4 nitrogen and oxygen atoms in total. The molecular formula is C16H23ClN2O2. The van der Waals surface area contributed by atoms with Crippen molar-refractivity contribution >= 4 is 11.6 Å². The molecule has 1 aromatic rings. The van der Waals surface area contributed by atoms with Gasteiger partial charge in [0.1, 0.15) is 5.75 Å². The Morgan fingerprint density at radius 3 is 3.10 bits per heavy atom. The van der Waals surface area contributed by atoms with Gasteiger partial charge in [-0.1, -0.05) is 18.5 Å². The smallest absolute Gasteiger partial charge is 0.189 e. The van der Waals surface area contributed by atoms with Crippen LogP contribution in [-0.2, 0) is 17.9 Å². The van der Waals surface area contributed by atoms with E-state index in [-0.39, 0.29) is 0 Å². The fraction of sp³-hybridized carbons (Fsp3) is 0.625. The molecule has 21 heavy (non-hydrogen) atoms. The van der Waals surface area contributed by atoms with E-state index in [2.05, 4.69) is 11.8 Å². The highest BCUT2D eigenvalue weighted by molar-refractivity contribution is 6.30. The molecule has 0 aliphatic carbocycles. The highest BCUT2D eigenvalue weighted by Crippen LogP contribution is 2.34. The molecule has 0 spiro atoms. The maximum atomic E-state index is 6.24. The number of rotatable bonds is 3. The van der Waals surface area contributed by atoms with Gasteiger partial charge in [0.05, 0.1) is 6.61 Å². The summed E-state index contributed by atoms with van der Waals surface area (Å²) in [6, 6.07) is 4.39. The molecule has 2 heterocycles. The van der Waals surface area contributed by atoms with Gasteiger partial charge in [0.2, 0.25) is 0 Å². The van der Waals surface area contributed by atoms with Crippen LogP contribution < -0.4 is 10.5 Å². The van der Waals surface area contributed by atoms with Crippen LogP contribution in [-0.4, -0.2) is 30.8 Å². The number of ether oxygens (including phenoxy) is 2. The first-order valence-electron chi connectivity index (χ1n) is 7.63. The molecule has 2 atom stereocenters. The first-order valence-corrected chi connectivity index (χ1v) is 8.01. The third kappa shape index (κ3) is 3.34. The average Bonchev–Trinajstić information content (AvgIpc) is 2.48. The summed E-state index contributed by atoms with van der Waals surface area (Å²) in [4.78, 5) is 2.46. The minimum absolute atomic E-state index is 0.318. The van der Waals surface area contributed by atoms with E-state index in [0.717, 1.165) is 40.9 Å². The van der Waals surface area contributed by atoms with Crippen LogP contribution in [0.4, 0.5) is 0 Å². The van der Waals surface area contributed by atoms with Gasteiger partial charge in [0.25, 0.3) is 0 Å². The maximum absolute atomic E-state index is 6.24. The molecule has 2 N–H and O–H groups in total. The molecule has 0 saturated carbocycles. The number of likely N-dealkylation sites (tertiary alicyclic amines) is 1. The Morgan fingerprint density at radius 1 is 1.43 bits per heavy atom. The van der Waals surface area contributed by atoms with Crippen molar-refractivity contribution in [2.24, 2.45) is 11.7 Å². The van der Waals surface area contributed by atoms with Crippen molar-refractivity contribution in [2.45, 2.75) is 39.0 Å². The Kier molecular flexibility index (Phi) is 4.69. The zero-order valence-electron chi connectivity index (χ0n) is 12.5. The molecule has 0 aromatic heterocycles. The molecule has 116 valence electrons. The van der Waals surface area contributed by atoms with Crippen LogP contribution in [0.1, 0.15) is 30.9 Å². The molecule has 1 saturated heterocycles. The molecule has 3 rings (SSSR count). The van der Waals surface area contributed by atoms with Gasteiger partial charge in [0.15, 0.2) is 6.79 Å². The summed E-state index contributed by atoms with van der Waals surface area (Å²) in [6.45, 7) is 5.83. The Morgan fingerprint density at radius 2 is 2.29 bits per heavy atom. The summed E-state index contributed by atoms with van der Waals surface area (Å²) < 4.78 is 11.0. The molecule has 2 aliphatic heterocycles. The van der Waals surface area contributed by atoms with E-state index in [9.17, 15) is 0 Å². The van der Waals surface area contributed by atoms with Crippen molar-refractivity contribution in [3.05, 3.63) is 28.3 Å². The number of hydrogen-bond donors (Lipinski definition) is 1. The maximum Gasteiger partial charge on any atom is 0.189 e. The highest BCUT2D eigenvalue weighted by Gasteiger charge is 2.27. The molecule has 1 fully saturated rings. The molecule has 0 bridgehead atoms. The van der Waals surface area contributed by atoms with Gasteiger partial charge in [-0.3, -0.25) is 4.90 Å². The van der Waals surface area contributed by atoms with Crippen molar-refractivity contribution in [2.75, 3.05) is 19.9 Å². The fourth-order valence-electron chi connectivity index (χ4n) is 3.35. The van der Waals surface area contributed by atoms with Crippen molar-refractivity contribution < 1.29 is 9.47 Å². The number of piperidine rings is 1. The standard InChI is InChI=1S/C16H23ClN2O2/c1-11-2-3-19(15(4-11)7-18)8-12-5-14(17)6-13-9-20-10-21-16(12)13/h5-6,11,15H,2-4,7-10,18H2,1H3. The lowest BCUT2D eigenvalue weighted by Gasteiger charge is -2.38. The fourth-order valence-corrected chi connectivity index (χ4v) is 3.61. The van der Waals surface area contributed by atoms with Gasteiger partial charge in [-0.2, -0.15) is 0 Å². The summed E-state index contributed by atoms with van der Waals surface area (Å²) in [5.74, 6) is 1.70. The summed E-state index contributed by atoms with van der Waals surface area (Å²) in [5.41, 5.74) is 8.15. The van der Waals surface area contributed by atoms with Crippen LogP contribution in [0.25, 0.3) is 0 Å². The van der Waals surface area contributed by atoms with E-state index in [1.165, 1.54) is 12.8 Å². The Labute approximate surface area is 131 Å². The third-order valence-electron chi connectivity index (χ3n) is 4.50. The van der Waals surface area contributed by atoms with E-state index in [4.69, 9.17) is 26.8 Å². The van der Waals surface area contributed by atoms with Crippen LogP contribution in [0, 0.1) is 5.92 Å². The second-order valence-electron chi connectivity index (χ2n) is 6.15. The largest absolute Gasteiger partial charge is 0.467 e. The van der Waals surface area contributed by atoms with Crippen LogP contribution >= 0.6 is 11.6 Å². The monoisotopic (exact) mass is 310 g/mol. The summed E-state index contributed by atoms with van der Waals surface area (Å²) in [6.07, 6.45) is 2.40. The van der Waals surface area contributed by atoms with Gasteiger partial charge >= 0.3 is 0 Å². The van der Waals surface area contributed by atoms with E-state index in [0.29, 0.717) is 26.0 Å². The number of nitrogens with zero attached hydrogens (tertiary/aromatic N) is 1. The minimum Gasteiger partial charge on any atom is -0.467 e. The second kappa shape index (κ2) is 6.53. The first-order chi connectivity index (χ1) is 10.2. The van der Waals surface area contributed by atoms with Crippen LogP contribution in [0.3, 0.4) is 0 Å². The van der Waals surface area contributed by atoms with Crippen molar-refractivity contribution in [1.29, 1.82) is 0 Å². The number of halogens is 1. The lowest BCUT2D eigenvalue weighted by molar-refractivity contribution is -0.0178. The Hall–Kier alpha value is -0.810. The normalized spacial score (nSPS) is 26.2. The third-order valence-corrected chi connectivity index (χ3v) is 4.72. The van der Waals surface area contributed by atoms with E-state index < -0.39 is 0 Å². The number of hydrogen-bond acceptors (Lipinski definition) is 4. The molecule has 2 aliphatic rings. The molecule has 5 heteroatoms. The van der Waals surface area contributed by atoms with Gasteiger partial charge in [-0.05, 0) is 37.4 Å². The Bertz CT molecular complexity index is 509. The molecule has 2 unspecified atom stereocenters. The SMILES string of the molecule is CC1CCN(Cc2cc(Cl)cc3c2OCOC3)C(CN)C1. The summed E-state index contributed by atoms with van der Waals surface area (Å²) in [5, 5.41) is 0.743. The average molecular weight is 311 g/mol. The number of fused-ring (bicyclic) bond motifs is 1. The van der Waals surface area contributed by atoms with E-state index >= 15 is 0 Å². The molecule has 0 amide bonds. The lowest BCUT2D eigenvalue weighted by atomic mass is 9.92. The second-order valence-corrected chi connectivity index (χ2v) is 6.59. The minimum atomic E-state index is 0.318. The number of nitrogens with two attached hydrogens (primary N) is 1. The molecule has 1 aromatic carbocycles. The Balaban J connectivity index is 1.82. The summed E-state index contributed by atoms with van der Waals surface area (Å²) in [7, 11) is 0. The van der Waals surface area contributed by atoms with E-state index in [1.54, 1.807) is 0 Å². The van der Waals surface area contributed by atoms with Gasteiger partial charge in [-0.25, -0.2) is 0 Å². The van der Waals surface area contributed by atoms with Crippen LogP contribution in [0.5, 0.6) is 5.75 Å². The van der Waals surface area contributed by atoms with Crippen LogP contribution in [0.15, 0.2) is 12.1 Å². The van der Waals surface area contributed by atoms with Gasteiger partial charge in [0, 0.05) is 35.3 Å². The number of benzene rings is 1. The highest BCUT2D eigenvalue weighted by atomic mass is 35.5. The van der Waals surface area contributed by atoms with Crippen LogP contribution in [0.2, 0.25) is 5.02 Å². The van der Waals surface area contributed by atoms with Crippen molar-refractivity contribution in [3.8, 4) is 5.75 Å². The molecular weight excluding hydrogens is 288 g/mol. The molecule has 0 radical (unpaired) electrons. The topological polar surface area (TPSA) is 47.7 Å². The van der Waals surface area contributed by atoms with Crippen molar-refractivity contribution in [3.63, 3.8) is 0 Å². The zero-order valence-corrected chi connectivity index (χ0v) is 13.2. The lowest BCUT2D eigenvalue weighted by Crippen LogP contribution is -2.45. The summed E-state index contributed by atoms with van der Waals surface area (Å²) >= 11 is 6.24. The zero-order chi connectivity index (χ0) is 14.8. The first kappa shape index (κ1) is 15.1.